The van der Waals surface area contributed by atoms with Crippen LogP contribution < -0.4 is 0 Å². The van der Waals surface area contributed by atoms with Crippen molar-refractivity contribution in [2.75, 3.05) is 20.3 Å². The lowest BCUT2D eigenvalue weighted by atomic mass is 9.96. The Bertz CT molecular complexity index is 897. The summed E-state index contributed by atoms with van der Waals surface area (Å²) in [4.78, 5) is 26.0. The molecule has 0 bridgehead atoms. The summed E-state index contributed by atoms with van der Waals surface area (Å²) >= 11 is 0. The van der Waals surface area contributed by atoms with E-state index in [0.717, 1.165) is 6.42 Å². The van der Waals surface area contributed by atoms with Crippen molar-refractivity contribution < 1.29 is 24.2 Å². The number of carboxylic acids is 1. The third-order valence-electron chi connectivity index (χ3n) is 6.40. The zero-order valence-electron chi connectivity index (χ0n) is 17.3. The van der Waals surface area contributed by atoms with Gasteiger partial charge in [0, 0.05) is 19.6 Å². The molecule has 6 nitrogen and oxygen atoms in total. The van der Waals surface area contributed by atoms with Gasteiger partial charge in [0.25, 0.3) is 0 Å². The molecule has 1 N–H and O–H groups in total. The van der Waals surface area contributed by atoms with E-state index >= 15 is 0 Å². The number of aliphatic carboxylic acids is 1. The molecule has 30 heavy (non-hydrogen) atoms. The van der Waals surface area contributed by atoms with Crippen molar-refractivity contribution in [2.24, 2.45) is 5.92 Å². The molecular weight excluding hydrogens is 382 g/mol. The van der Waals surface area contributed by atoms with Gasteiger partial charge in [0.15, 0.2) is 0 Å². The minimum atomic E-state index is -0.929. The van der Waals surface area contributed by atoms with Crippen LogP contribution in [0.1, 0.15) is 36.8 Å². The molecule has 1 heterocycles. The summed E-state index contributed by atoms with van der Waals surface area (Å²) in [6.45, 7) is 2.42. The summed E-state index contributed by atoms with van der Waals surface area (Å²) in [6, 6.07) is 16.1. The Morgan fingerprint density at radius 3 is 2.27 bits per heavy atom. The fraction of sp³-hybridized carbons (Fsp3) is 0.417. The van der Waals surface area contributed by atoms with Crippen LogP contribution in [0, 0.1) is 5.92 Å². The summed E-state index contributed by atoms with van der Waals surface area (Å²) in [5.41, 5.74) is 4.70. The predicted molar refractivity (Wildman–Crippen MR) is 112 cm³/mol. The lowest BCUT2D eigenvalue weighted by Crippen LogP contribution is -2.48. The number of hydrogen-bond donors (Lipinski definition) is 1. The minimum absolute atomic E-state index is 0.00133. The van der Waals surface area contributed by atoms with Gasteiger partial charge in [-0.05, 0) is 42.0 Å². The van der Waals surface area contributed by atoms with Gasteiger partial charge in [0.2, 0.25) is 0 Å². The lowest BCUT2D eigenvalue weighted by Gasteiger charge is -2.32. The Kier molecular flexibility index (Phi) is 5.77. The molecule has 1 aliphatic heterocycles. The van der Waals surface area contributed by atoms with E-state index in [-0.39, 0.29) is 18.6 Å². The molecule has 1 aliphatic carbocycles. The lowest BCUT2D eigenvalue weighted by molar-refractivity contribution is -0.147. The van der Waals surface area contributed by atoms with Gasteiger partial charge in [-0.3, -0.25) is 4.79 Å². The second kappa shape index (κ2) is 8.48. The minimum Gasteiger partial charge on any atom is -0.481 e. The molecule has 0 saturated carbocycles. The predicted octanol–water partition coefficient (Wildman–Crippen LogP) is 4.14. The van der Waals surface area contributed by atoms with Gasteiger partial charge < -0.3 is 19.5 Å². The van der Waals surface area contributed by atoms with E-state index in [4.69, 9.17) is 9.47 Å². The van der Waals surface area contributed by atoms with Crippen molar-refractivity contribution in [1.82, 2.24) is 4.90 Å². The number of carbonyl (C=O) groups excluding carboxylic acids is 1. The number of likely N-dealkylation sites (tertiary alicyclic amines) is 1. The van der Waals surface area contributed by atoms with Crippen molar-refractivity contribution in [3.8, 4) is 11.1 Å². The maximum Gasteiger partial charge on any atom is 0.410 e. The fourth-order valence-corrected chi connectivity index (χ4v) is 4.87. The highest BCUT2D eigenvalue weighted by molar-refractivity contribution is 5.79. The molecule has 4 rings (SSSR count). The van der Waals surface area contributed by atoms with Crippen LogP contribution in [0.3, 0.4) is 0 Å². The average Bonchev–Trinajstić information content (AvgIpc) is 3.36. The van der Waals surface area contributed by atoms with Gasteiger partial charge in [0.1, 0.15) is 6.61 Å². The zero-order chi connectivity index (χ0) is 21.3. The molecule has 158 valence electrons. The highest BCUT2D eigenvalue weighted by Gasteiger charge is 2.41. The number of benzene rings is 2. The SMILES string of the molecule is COC([C@@H](C)C(=O)O)[C@@H]1CCCN1C(=O)OCC1c2ccccc2-c2ccccc21. The van der Waals surface area contributed by atoms with E-state index in [9.17, 15) is 14.7 Å². The number of amides is 1. The van der Waals surface area contributed by atoms with Crippen LogP contribution in [0.15, 0.2) is 48.5 Å². The number of rotatable bonds is 6. The molecule has 2 aromatic carbocycles. The van der Waals surface area contributed by atoms with E-state index < -0.39 is 24.1 Å². The third-order valence-corrected chi connectivity index (χ3v) is 6.40. The molecule has 0 aromatic heterocycles. The molecule has 2 aromatic rings. The van der Waals surface area contributed by atoms with Crippen LogP contribution in [0.25, 0.3) is 11.1 Å². The van der Waals surface area contributed by atoms with Crippen LogP contribution in [-0.4, -0.2) is 54.5 Å². The maximum atomic E-state index is 12.9. The smallest absolute Gasteiger partial charge is 0.410 e. The standard InChI is InChI=1S/C24H27NO5/c1-15(23(26)27)22(29-2)21-12-7-13-25(21)24(28)30-14-20-18-10-5-3-8-16(18)17-9-4-6-11-19(17)20/h3-6,8-11,15,20-22H,7,12-14H2,1-2H3,(H,26,27)/t15-,21+,22?/m1/s1. The number of fused-ring (bicyclic) bond motifs is 3. The normalized spacial score (nSPS) is 19.8. The molecule has 6 heteroatoms. The van der Waals surface area contributed by atoms with Crippen LogP contribution in [-0.2, 0) is 14.3 Å². The van der Waals surface area contributed by atoms with Crippen LogP contribution >= 0.6 is 0 Å². The molecule has 1 fully saturated rings. The summed E-state index contributed by atoms with van der Waals surface area (Å²) in [5, 5.41) is 9.39. The maximum absolute atomic E-state index is 12.9. The quantitative estimate of drug-likeness (QED) is 0.776. The highest BCUT2D eigenvalue weighted by Crippen LogP contribution is 2.44. The Morgan fingerprint density at radius 1 is 1.10 bits per heavy atom. The zero-order valence-corrected chi connectivity index (χ0v) is 17.3. The van der Waals surface area contributed by atoms with Gasteiger partial charge in [0.05, 0.1) is 18.1 Å². The summed E-state index contributed by atoms with van der Waals surface area (Å²) in [6.07, 6.45) is 0.547. The highest BCUT2D eigenvalue weighted by atomic mass is 16.6. The summed E-state index contributed by atoms with van der Waals surface area (Å²) in [7, 11) is 1.50. The van der Waals surface area contributed by atoms with E-state index in [1.165, 1.54) is 29.4 Å². The van der Waals surface area contributed by atoms with Crippen molar-refractivity contribution >= 4 is 12.1 Å². The van der Waals surface area contributed by atoms with Crippen molar-refractivity contribution in [3.63, 3.8) is 0 Å². The molecule has 3 atom stereocenters. The first-order valence-electron chi connectivity index (χ1n) is 10.4. The van der Waals surface area contributed by atoms with Crippen molar-refractivity contribution in [3.05, 3.63) is 59.7 Å². The monoisotopic (exact) mass is 409 g/mol. The van der Waals surface area contributed by atoms with Crippen molar-refractivity contribution in [2.45, 2.75) is 37.8 Å². The van der Waals surface area contributed by atoms with Gasteiger partial charge in [-0.15, -0.1) is 0 Å². The first-order chi connectivity index (χ1) is 14.5. The average molecular weight is 409 g/mol. The van der Waals surface area contributed by atoms with Crippen LogP contribution in [0.5, 0.6) is 0 Å². The van der Waals surface area contributed by atoms with Gasteiger partial charge >= 0.3 is 12.1 Å². The Morgan fingerprint density at radius 2 is 1.70 bits per heavy atom. The topological polar surface area (TPSA) is 76.1 Å². The number of methoxy groups -OCH3 is 1. The largest absolute Gasteiger partial charge is 0.481 e. The number of carboxylic acid groups (broad SMARTS) is 1. The Balaban J connectivity index is 1.49. The Hall–Kier alpha value is -2.86. The van der Waals surface area contributed by atoms with E-state index in [2.05, 4.69) is 24.3 Å². The second-order valence-corrected chi connectivity index (χ2v) is 8.03. The molecule has 1 amide bonds. The molecule has 0 radical (unpaired) electrons. The van der Waals surface area contributed by atoms with Gasteiger partial charge in [-0.1, -0.05) is 48.5 Å². The molecule has 2 aliphatic rings. The van der Waals surface area contributed by atoms with Crippen LogP contribution in [0.2, 0.25) is 0 Å². The first kappa shape index (κ1) is 20.4. The van der Waals surface area contributed by atoms with Crippen molar-refractivity contribution in [1.29, 1.82) is 0 Å². The fourth-order valence-electron chi connectivity index (χ4n) is 4.87. The van der Waals surface area contributed by atoms with Crippen LogP contribution in [0.4, 0.5) is 4.79 Å². The second-order valence-electron chi connectivity index (χ2n) is 8.03. The molecular formula is C24H27NO5. The molecule has 1 unspecified atom stereocenters. The first-order valence-corrected chi connectivity index (χ1v) is 10.4. The summed E-state index contributed by atoms with van der Waals surface area (Å²) < 4.78 is 11.3. The van der Waals surface area contributed by atoms with E-state index in [0.29, 0.717) is 13.0 Å². The van der Waals surface area contributed by atoms with E-state index in [1.54, 1.807) is 11.8 Å². The Labute approximate surface area is 176 Å². The molecule has 0 spiro atoms. The number of carbonyl (C=O) groups is 2. The third kappa shape index (κ3) is 3.56. The number of nitrogens with zero attached hydrogens (tertiary/aromatic N) is 1. The number of ether oxygens (including phenoxy) is 2. The van der Waals surface area contributed by atoms with E-state index in [1.807, 2.05) is 24.3 Å². The van der Waals surface area contributed by atoms with Gasteiger partial charge in [-0.2, -0.15) is 0 Å². The van der Waals surface area contributed by atoms with Gasteiger partial charge in [-0.25, -0.2) is 4.79 Å². The summed E-state index contributed by atoms with van der Waals surface area (Å²) in [5.74, 6) is -1.64. The molecule has 1 saturated heterocycles. The number of hydrogen-bond acceptors (Lipinski definition) is 4.